The molecule has 0 fully saturated rings. The van der Waals surface area contributed by atoms with Gasteiger partial charge < -0.3 is 20.3 Å². The minimum Gasteiger partial charge on any atom is -0.388 e. The second-order valence-electron chi connectivity index (χ2n) is 4.53. The van der Waals surface area contributed by atoms with Gasteiger partial charge in [-0.2, -0.15) is 4.98 Å². The summed E-state index contributed by atoms with van der Waals surface area (Å²) in [5.41, 5.74) is -0.832. The van der Waals surface area contributed by atoms with E-state index in [0.29, 0.717) is 37.5 Å². The Hall–Kier alpha value is -1.63. The molecule has 1 heterocycles. The van der Waals surface area contributed by atoms with Crippen LogP contribution in [0.25, 0.3) is 0 Å². The third kappa shape index (κ3) is 5.25. The highest BCUT2D eigenvalue weighted by atomic mass is 16.5. The molecule has 0 bridgehead atoms. The van der Waals surface area contributed by atoms with Crippen LogP contribution in [0.4, 0.5) is 4.79 Å². The summed E-state index contributed by atoms with van der Waals surface area (Å²) in [5.74, 6) is 1.08. The Morgan fingerprint density at radius 3 is 2.58 bits per heavy atom. The van der Waals surface area contributed by atoms with Crippen molar-refractivity contribution in [3.05, 3.63) is 11.7 Å². The van der Waals surface area contributed by atoms with Gasteiger partial charge in [0.15, 0.2) is 5.82 Å². The highest BCUT2D eigenvalue weighted by Gasteiger charge is 2.22. The molecule has 7 nitrogen and oxygen atoms in total. The van der Waals surface area contributed by atoms with Crippen molar-refractivity contribution in [2.45, 2.75) is 45.6 Å². The van der Waals surface area contributed by atoms with Crippen LogP contribution in [0.5, 0.6) is 0 Å². The second kappa shape index (κ2) is 7.08. The van der Waals surface area contributed by atoms with E-state index in [1.54, 1.807) is 6.92 Å². The number of aryl methyl sites for hydroxylation is 1. The normalized spacial score (nSPS) is 11.4. The summed E-state index contributed by atoms with van der Waals surface area (Å²) < 4.78 is 4.92. The number of urea groups is 1. The molecule has 0 spiro atoms. The zero-order chi connectivity index (χ0) is 14.3. The van der Waals surface area contributed by atoms with Gasteiger partial charge in [-0.3, -0.25) is 0 Å². The van der Waals surface area contributed by atoms with Gasteiger partial charge in [0.1, 0.15) is 0 Å². The van der Waals surface area contributed by atoms with E-state index in [2.05, 4.69) is 20.8 Å². The summed E-state index contributed by atoms with van der Waals surface area (Å²) in [6.07, 6.45) is 1.69. The molecular weight excluding hydrogens is 248 g/mol. The first-order valence-corrected chi connectivity index (χ1v) is 6.52. The van der Waals surface area contributed by atoms with Crippen molar-refractivity contribution in [3.63, 3.8) is 0 Å². The maximum atomic E-state index is 11.5. The fourth-order valence-electron chi connectivity index (χ4n) is 1.53. The topological polar surface area (TPSA) is 100 Å². The quantitative estimate of drug-likeness (QED) is 0.679. The Morgan fingerprint density at radius 2 is 2.05 bits per heavy atom. The molecule has 1 aromatic heterocycles. The smallest absolute Gasteiger partial charge is 0.314 e. The Morgan fingerprint density at radius 1 is 1.37 bits per heavy atom. The predicted octanol–water partition coefficient (Wildman–Crippen LogP) is 0.771. The maximum Gasteiger partial charge on any atom is 0.314 e. The highest BCUT2D eigenvalue weighted by molar-refractivity contribution is 5.73. The van der Waals surface area contributed by atoms with Crippen LogP contribution in [0.15, 0.2) is 4.52 Å². The van der Waals surface area contributed by atoms with Gasteiger partial charge in [0.25, 0.3) is 0 Å². The van der Waals surface area contributed by atoms with E-state index in [-0.39, 0.29) is 12.6 Å². The molecule has 0 radical (unpaired) electrons. The van der Waals surface area contributed by atoms with Crippen molar-refractivity contribution in [2.24, 2.45) is 0 Å². The molecule has 0 aliphatic rings. The number of nitrogens with one attached hydrogen (secondary N) is 2. The third-order valence-corrected chi connectivity index (χ3v) is 3.09. The van der Waals surface area contributed by atoms with Crippen LogP contribution in [-0.2, 0) is 6.42 Å². The molecule has 19 heavy (non-hydrogen) atoms. The number of amides is 2. The van der Waals surface area contributed by atoms with E-state index < -0.39 is 5.60 Å². The van der Waals surface area contributed by atoms with Crippen LogP contribution < -0.4 is 10.6 Å². The molecule has 0 aliphatic heterocycles. The van der Waals surface area contributed by atoms with Crippen LogP contribution in [0.2, 0.25) is 0 Å². The Balaban J connectivity index is 2.21. The molecule has 0 unspecified atom stereocenters. The lowest BCUT2D eigenvalue weighted by atomic mass is 9.98. The Labute approximate surface area is 112 Å². The standard InChI is InChI=1S/C12H22N4O3/c1-4-12(18,5-2)8-14-11(17)13-7-6-10-15-9(3)16-19-10/h18H,4-8H2,1-3H3,(H2,13,14,17). The number of nitrogens with zero attached hydrogens (tertiary/aromatic N) is 2. The number of hydrogen-bond donors (Lipinski definition) is 3. The third-order valence-electron chi connectivity index (χ3n) is 3.09. The molecule has 7 heteroatoms. The molecule has 0 aromatic carbocycles. The SMILES string of the molecule is CCC(O)(CC)CNC(=O)NCCc1nc(C)no1. The average Bonchev–Trinajstić information content (AvgIpc) is 2.82. The molecule has 0 atom stereocenters. The predicted molar refractivity (Wildman–Crippen MR) is 69.7 cm³/mol. The lowest BCUT2D eigenvalue weighted by Gasteiger charge is -2.25. The summed E-state index contributed by atoms with van der Waals surface area (Å²) in [6.45, 7) is 6.17. The highest BCUT2D eigenvalue weighted by Crippen LogP contribution is 2.12. The Kier molecular flexibility index (Phi) is 5.75. The molecule has 2 amide bonds. The van der Waals surface area contributed by atoms with Gasteiger partial charge in [-0.25, -0.2) is 4.79 Å². The molecular formula is C12H22N4O3. The van der Waals surface area contributed by atoms with Crippen molar-refractivity contribution >= 4 is 6.03 Å². The molecule has 108 valence electrons. The van der Waals surface area contributed by atoms with Crippen molar-refractivity contribution in [1.82, 2.24) is 20.8 Å². The van der Waals surface area contributed by atoms with Crippen LogP contribution in [-0.4, -0.2) is 40.0 Å². The largest absolute Gasteiger partial charge is 0.388 e. The molecule has 0 saturated carbocycles. The summed E-state index contributed by atoms with van der Waals surface area (Å²) in [4.78, 5) is 15.5. The summed E-state index contributed by atoms with van der Waals surface area (Å²) >= 11 is 0. The summed E-state index contributed by atoms with van der Waals surface area (Å²) in [5, 5.41) is 19.0. The van der Waals surface area contributed by atoms with E-state index in [9.17, 15) is 9.90 Å². The number of aromatic nitrogens is 2. The fraction of sp³-hybridized carbons (Fsp3) is 0.750. The van der Waals surface area contributed by atoms with E-state index in [0.717, 1.165) is 0 Å². The van der Waals surface area contributed by atoms with Gasteiger partial charge in [-0.15, -0.1) is 0 Å². The first kappa shape index (κ1) is 15.4. The first-order chi connectivity index (χ1) is 8.99. The van der Waals surface area contributed by atoms with Crippen LogP contribution >= 0.6 is 0 Å². The van der Waals surface area contributed by atoms with E-state index in [1.807, 2.05) is 13.8 Å². The maximum absolute atomic E-state index is 11.5. The van der Waals surface area contributed by atoms with Crippen LogP contribution in [0.3, 0.4) is 0 Å². The number of carbonyl (C=O) groups is 1. The molecule has 3 N–H and O–H groups in total. The van der Waals surface area contributed by atoms with Gasteiger partial charge in [0.05, 0.1) is 5.60 Å². The zero-order valence-corrected chi connectivity index (χ0v) is 11.7. The second-order valence-corrected chi connectivity index (χ2v) is 4.53. The van der Waals surface area contributed by atoms with Crippen molar-refractivity contribution in [1.29, 1.82) is 0 Å². The lowest BCUT2D eigenvalue weighted by Crippen LogP contribution is -2.46. The monoisotopic (exact) mass is 270 g/mol. The number of aliphatic hydroxyl groups is 1. The minimum absolute atomic E-state index is 0.242. The van der Waals surface area contributed by atoms with E-state index >= 15 is 0 Å². The molecule has 1 rings (SSSR count). The number of hydrogen-bond acceptors (Lipinski definition) is 5. The summed E-state index contributed by atoms with van der Waals surface area (Å²) in [6, 6.07) is -0.309. The van der Waals surface area contributed by atoms with Crippen molar-refractivity contribution in [2.75, 3.05) is 13.1 Å². The van der Waals surface area contributed by atoms with Gasteiger partial charge in [0, 0.05) is 19.5 Å². The first-order valence-electron chi connectivity index (χ1n) is 6.52. The molecule has 0 aliphatic carbocycles. The van der Waals surface area contributed by atoms with Gasteiger partial charge in [0.2, 0.25) is 5.89 Å². The van der Waals surface area contributed by atoms with Crippen LogP contribution in [0, 0.1) is 6.92 Å². The van der Waals surface area contributed by atoms with E-state index in [4.69, 9.17) is 4.52 Å². The van der Waals surface area contributed by atoms with Gasteiger partial charge in [-0.1, -0.05) is 19.0 Å². The average molecular weight is 270 g/mol. The summed E-state index contributed by atoms with van der Waals surface area (Å²) in [7, 11) is 0. The number of rotatable bonds is 7. The number of carbonyl (C=O) groups excluding carboxylic acids is 1. The zero-order valence-electron chi connectivity index (χ0n) is 11.7. The Bertz CT molecular complexity index is 401. The van der Waals surface area contributed by atoms with Crippen molar-refractivity contribution < 1.29 is 14.4 Å². The van der Waals surface area contributed by atoms with Gasteiger partial charge >= 0.3 is 6.03 Å². The fourth-order valence-corrected chi connectivity index (χ4v) is 1.53. The minimum atomic E-state index is -0.832. The van der Waals surface area contributed by atoms with Crippen molar-refractivity contribution in [3.8, 4) is 0 Å². The molecule has 1 aromatic rings. The van der Waals surface area contributed by atoms with E-state index in [1.165, 1.54) is 0 Å². The molecule has 0 saturated heterocycles. The van der Waals surface area contributed by atoms with Gasteiger partial charge in [-0.05, 0) is 19.8 Å². The lowest BCUT2D eigenvalue weighted by molar-refractivity contribution is 0.0349. The van der Waals surface area contributed by atoms with Crippen LogP contribution in [0.1, 0.15) is 38.4 Å².